The van der Waals surface area contributed by atoms with E-state index in [0.29, 0.717) is 17.9 Å². The van der Waals surface area contributed by atoms with Crippen LogP contribution < -0.4 is 0 Å². The van der Waals surface area contributed by atoms with E-state index >= 15 is 0 Å². The number of ether oxygens (including phenoxy) is 1. The van der Waals surface area contributed by atoms with Gasteiger partial charge in [-0.25, -0.2) is 9.79 Å². The first kappa shape index (κ1) is 24.5. The van der Waals surface area contributed by atoms with Crippen LogP contribution in [0.4, 0.5) is 0 Å². The van der Waals surface area contributed by atoms with Gasteiger partial charge in [0, 0.05) is 31.9 Å². The second kappa shape index (κ2) is 10.4. The summed E-state index contributed by atoms with van der Waals surface area (Å²) in [6, 6.07) is 5.90. The summed E-state index contributed by atoms with van der Waals surface area (Å²) in [5.74, 6) is -0.238. The molecule has 1 saturated heterocycles. The number of amidine groups is 1. The Bertz CT molecular complexity index is 1070. The predicted octanol–water partition coefficient (Wildman–Crippen LogP) is 4.00. The lowest BCUT2D eigenvalue weighted by molar-refractivity contribution is -0.139. The minimum Gasteiger partial charge on any atom is -0.463 e. The van der Waals surface area contributed by atoms with Gasteiger partial charge in [0.2, 0.25) is 5.91 Å². The Balaban J connectivity index is 1.66. The maximum atomic E-state index is 13.2. The molecule has 34 heavy (non-hydrogen) atoms. The SMILES string of the molecule is CCOC(=O)C1=C(C)N=C2SC=C(CC(=O)N3CCN(CC)CC3)N2[C@H]1c1ccc(C)cc1C. The van der Waals surface area contributed by atoms with E-state index in [1.54, 1.807) is 0 Å². The molecule has 1 aromatic rings. The predicted molar refractivity (Wildman–Crippen MR) is 136 cm³/mol. The number of allylic oxidation sites excluding steroid dienone is 1. The maximum Gasteiger partial charge on any atom is 0.338 e. The summed E-state index contributed by atoms with van der Waals surface area (Å²) >= 11 is 1.51. The fourth-order valence-electron chi connectivity index (χ4n) is 4.85. The summed E-state index contributed by atoms with van der Waals surface area (Å²) in [6.07, 6.45) is 0.286. The van der Waals surface area contributed by atoms with Crippen LogP contribution in [0.15, 0.2) is 45.6 Å². The highest BCUT2D eigenvalue weighted by atomic mass is 32.2. The second-order valence-electron chi connectivity index (χ2n) is 8.97. The molecule has 0 saturated carbocycles. The molecule has 0 spiro atoms. The minimum atomic E-state index is -0.377. The summed E-state index contributed by atoms with van der Waals surface area (Å²) in [4.78, 5) is 37.5. The molecule has 182 valence electrons. The summed E-state index contributed by atoms with van der Waals surface area (Å²) in [6.45, 7) is 14.6. The fourth-order valence-corrected chi connectivity index (χ4v) is 5.81. The smallest absolute Gasteiger partial charge is 0.338 e. The summed E-state index contributed by atoms with van der Waals surface area (Å²) < 4.78 is 5.45. The van der Waals surface area contributed by atoms with Gasteiger partial charge >= 0.3 is 5.97 Å². The van der Waals surface area contributed by atoms with E-state index in [2.05, 4.69) is 48.8 Å². The molecule has 0 bridgehead atoms. The van der Waals surface area contributed by atoms with Crippen LogP contribution in [0.3, 0.4) is 0 Å². The highest BCUT2D eigenvalue weighted by molar-refractivity contribution is 8.16. The number of esters is 1. The first-order valence-corrected chi connectivity index (χ1v) is 12.9. The van der Waals surface area contributed by atoms with Crippen molar-refractivity contribution in [3.63, 3.8) is 0 Å². The fraction of sp³-hybridized carbons (Fsp3) is 0.500. The number of rotatable bonds is 6. The molecule has 3 aliphatic heterocycles. The zero-order valence-electron chi connectivity index (χ0n) is 20.8. The minimum absolute atomic E-state index is 0.118. The first-order valence-electron chi connectivity index (χ1n) is 12.0. The van der Waals surface area contributed by atoms with E-state index in [9.17, 15) is 9.59 Å². The van der Waals surface area contributed by atoms with Gasteiger partial charge in [0.1, 0.15) is 0 Å². The third-order valence-corrected chi connectivity index (χ3v) is 7.61. The largest absolute Gasteiger partial charge is 0.463 e. The maximum absolute atomic E-state index is 13.2. The van der Waals surface area contributed by atoms with Crippen LogP contribution in [0.2, 0.25) is 0 Å². The number of fused-ring (bicyclic) bond motifs is 1. The van der Waals surface area contributed by atoms with Crippen molar-refractivity contribution in [3.8, 4) is 0 Å². The van der Waals surface area contributed by atoms with Crippen molar-refractivity contribution >= 4 is 28.8 Å². The Morgan fingerprint density at radius 3 is 2.50 bits per heavy atom. The Morgan fingerprint density at radius 2 is 1.85 bits per heavy atom. The molecule has 1 aromatic carbocycles. The average molecular weight is 483 g/mol. The number of hydrogen-bond donors (Lipinski definition) is 0. The molecule has 1 amide bonds. The lowest BCUT2D eigenvalue weighted by Crippen LogP contribution is -2.49. The molecule has 0 unspecified atom stereocenters. The number of nitrogens with zero attached hydrogens (tertiary/aromatic N) is 4. The number of hydrogen-bond acceptors (Lipinski definition) is 7. The molecule has 0 N–H and O–H groups in total. The number of aryl methyl sites for hydroxylation is 2. The van der Waals surface area contributed by atoms with Crippen molar-refractivity contribution in [2.75, 3.05) is 39.3 Å². The number of benzene rings is 1. The van der Waals surface area contributed by atoms with Crippen molar-refractivity contribution in [3.05, 3.63) is 57.3 Å². The Kier molecular flexibility index (Phi) is 7.48. The van der Waals surface area contributed by atoms with Gasteiger partial charge in [-0.3, -0.25) is 4.79 Å². The number of carbonyl (C=O) groups excluding carboxylic acids is 2. The Morgan fingerprint density at radius 1 is 1.12 bits per heavy atom. The van der Waals surface area contributed by atoms with Gasteiger partial charge in [-0.1, -0.05) is 42.4 Å². The number of likely N-dealkylation sites (N-methyl/N-ethyl adjacent to an activating group) is 1. The molecule has 4 rings (SSSR count). The van der Waals surface area contributed by atoms with Crippen molar-refractivity contribution in [2.24, 2.45) is 4.99 Å². The molecule has 0 radical (unpaired) electrons. The van der Waals surface area contributed by atoms with E-state index < -0.39 is 0 Å². The average Bonchev–Trinajstić information content (AvgIpc) is 3.20. The van der Waals surface area contributed by atoms with Gasteiger partial charge in [0.15, 0.2) is 5.17 Å². The van der Waals surface area contributed by atoms with Crippen molar-refractivity contribution in [2.45, 2.75) is 47.1 Å². The zero-order chi connectivity index (χ0) is 24.4. The van der Waals surface area contributed by atoms with Gasteiger partial charge < -0.3 is 19.4 Å². The van der Waals surface area contributed by atoms with Crippen LogP contribution in [0, 0.1) is 13.8 Å². The van der Waals surface area contributed by atoms with E-state index in [0.717, 1.165) is 60.3 Å². The summed E-state index contributed by atoms with van der Waals surface area (Å²) in [7, 11) is 0. The Hall–Kier alpha value is -2.58. The topological polar surface area (TPSA) is 65.5 Å². The molecule has 8 heteroatoms. The monoisotopic (exact) mass is 482 g/mol. The molecule has 1 atom stereocenters. The van der Waals surface area contributed by atoms with Crippen LogP contribution >= 0.6 is 11.8 Å². The number of carbonyl (C=O) groups is 2. The van der Waals surface area contributed by atoms with Gasteiger partial charge in [0.05, 0.1) is 30.3 Å². The van der Waals surface area contributed by atoms with Crippen molar-refractivity contribution in [1.29, 1.82) is 0 Å². The number of thioether (sulfide) groups is 1. The van der Waals surface area contributed by atoms with Gasteiger partial charge in [-0.05, 0) is 50.8 Å². The number of piperazine rings is 1. The quantitative estimate of drug-likeness (QED) is 0.571. The summed E-state index contributed by atoms with van der Waals surface area (Å²) in [5.41, 5.74) is 5.37. The van der Waals surface area contributed by atoms with Gasteiger partial charge in [0.25, 0.3) is 0 Å². The van der Waals surface area contributed by atoms with Crippen molar-refractivity contribution < 1.29 is 14.3 Å². The standard InChI is InChI=1S/C26H34N4O3S/c1-6-28-10-12-29(13-11-28)22(31)15-20-16-34-26-27-19(5)23(25(32)33-7-2)24(30(20)26)21-9-8-17(3)14-18(21)4/h8-9,14,16,24H,6-7,10-13,15H2,1-5H3/t24-/m0/s1. The van der Waals surface area contributed by atoms with E-state index in [4.69, 9.17) is 9.73 Å². The molecular formula is C26H34N4O3S. The summed E-state index contributed by atoms with van der Waals surface area (Å²) in [5, 5.41) is 2.81. The third-order valence-electron chi connectivity index (χ3n) is 6.72. The highest BCUT2D eigenvalue weighted by Crippen LogP contribution is 2.45. The molecule has 7 nitrogen and oxygen atoms in total. The molecule has 3 heterocycles. The molecule has 0 aliphatic carbocycles. The van der Waals surface area contributed by atoms with Crippen LogP contribution in [0.5, 0.6) is 0 Å². The van der Waals surface area contributed by atoms with Gasteiger partial charge in [-0.2, -0.15) is 0 Å². The molecular weight excluding hydrogens is 448 g/mol. The van der Waals surface area contributed by atoms with E-state index in [1.807, 2.05) is 24.2 Å². The Labute approximate surface area is 206 Å². The van der Waals surface area contributed by atoms with Crippen LogP contribution in [0.25, 0.3) is 0 Å². The highest BCUT2D eigenvalue weighted by Gasteiger charge is 2.42. The molecule has 3 aliphatic rings. The number of amides is 1. The van der Waals surface area contributed by atoms with Gasteiger partial charge in [-0.15, -0.1) is 0 Å². The normalized spacial score (nSPS) is 20.8. The van der Waals surface area contributed by atoms with E-state index in [-0.39, 0.29) is 24.3 Å². The molecule has 0 aromatic heterocycles. The van der Waals surface area contributed by atoms with Crippen LogP contribution in [0.1, 0.15) is 49.9 Å². The van der Waals surface area contributed by atoms with Crippen LogP contribution in [-0.4, -0.2) is 71.1 Å². The first-order chi connectivity index (χ1) is 16.3. The third kappa shape index (κ3) is 4.79. The second-order valence-corrected chi connectivity index (χ2v) is 9.80. The van der Waals surface area contributed by atoms with Crippen LogP contribution in [-0.2, 0) is 14.3 Å². The lowest BCUT2D eigenvalue weighted by Gasteiger charge is -2.38. The zero-order valence-corrected chi connectivity index (χ0v) is 21.6. The van der Waals surface area contributed by atoms with Crippen molar-refractivity contribution in [1.82, 2.24) is 14.7 Å². The number of aliphatic imine (C=N–C) groups is 1. The lowest BCUT2D eigenvalue weighted by atomic mass is 9.90. The molecule has 1 fully saturated rings. The van der Waals surface area contributed by atoms with E-state index in [1.165, 1.54) is 11.8 Å².